The number of ketones is 1. The van der Waals surface area contributed by atoms with E-state index in [-0.39, 0.29) is 29.0 Å². The van der Waals surface area contributed by atoms with Gasteiger partial charge in [-0.15, -0.1) is 0 Å². The molecule has 0 unspecified atom stereocenters. The van der Waals surface area contributed by atoms with Crippen LogP contribution in [0.4, 0.5) is 0 Å². The molecule has 0 aliphatic rings. The lowest BCUT2D eigenvalue weighted by atomic mass is 9.97. The van der Waals surface area contributed by atoms with E-state index < -0.39 is 17.2 Å². The Morgan fingerprint density at radius 1 is 1.17 bits per heavy atom. The molecule has 0 amide bonds. The molecule has 0 saturated heterocycles. The molecule has 6 nitrogen and oxygen atoms in total. The molecule has 1 aromatic carbocycles. The Morgan fingerprint density at radius 2 is 1.87 bits per heavy atom. The number of hydrogen-bond acceptors (Lipinski definition) is 5. The molecule has 2 aromatic heterocycles. The van der Waals surface area contributed by atoms with E-state index in [4.69, 9.17) is 4.42 Å². The molecule has 0 aliphatic heterocycles. The van der Waals surface area contributed by atoms with Crippen LogP contribution < -0.4 is 5.56 Å². The SMILES string of the molecule is CCCCCn1c(O)c(C(=O)c2oc3cc(C)cc(C)c3c2C)c(C)c(C#N)c1=O. The summed E-state index contributed by atoms with van der Waals surface area (Å²) in [5.41, 5.74) is 2.69. The van der Waals surface area contributed by atoms with Crippen molar-refractivity contribution >= 4 is 16.8 Å². The number of aryl methyl sites for hydroxylation is 3. The number of rotatable bonds is 6. The number of pyridine rings is 1. The van der Waals surface area contributed by atoms with Crippen LogP contribution in [-0.4, -0.2) is 15.5 Å². The van der Waals surface area contributed by atoms with Crippen LogP contribution in [0.5, 0.6) is 5.88 Å². The Balaban J connectivity index is 2.24. The zero-order chi connectivity index (χ0) is 22.2. The summed E-state index contributed by atoms with van der Waals surface area (Å²) in [6, 6.07) is 5.78. The summed E-state index contributed by atoms with van der Waals surface area (Å²) in [6.07, 6.45) is 2.47. The molecule has 0 atom stereocenters. The third-order valence-corrected chi connectivity index (χ3v) is 5.59. The Hall–Kier alpha value is -3.33. The quantitative estimate of drug-likeness (QED) is 0.467. The molecule has 0 spiro atoms. The summed E-state index contributed by atoms with van der Waals surface area (Å²) in [7, 11) is 0. The van der Waals surface area contributed by atoms with Crippen molar-refractivity contribution in [2.24, 2.45) is 0 Å². The second-order valence-electron chi connectivity index (χ2n) is 7.81. The molecule has 6 heteroatoms. The van der Waals surface area contributed by atoms with E-state index in [1.54, 1.807) is 6.92 Å². The van der Waals surface area contributed by atoms with Crippen molar-refractivity contribution in [1.82, 2.24) is 4.57 Å². The number of carbonyl (C=O) groups is 1. The van der Waals surface area contributed by atoms with Crippen LogP contribution in [0.1, 0.15) is 70.1 Å². The smallest absolute Gasteiger partial charge is 0.271 e. The minimum absolute atomic E-state index is 0.0563. The van der Waals surface area contributed by atoms with E-state index in [1.165, 1.54) is 6.92 Å². The molecule has 156 valence electrons. The minimum Gasteiger partial charge on any atom is -0.494 e. The fourth-order valence-electron chi connectivity index (χ4n) is 4.07. The van der Waals surface area contributed by atoms with E-state index in [0.717, 1.165) is 33.9 Å². The number of furan rings is 1. The van der Waals surface area contributed by atoms with Crippen molar-refractivity contribution in [2.45, 2.75) is 60.4 Å². The predicted molar refractivity (Wildman–Crippen MR) is 115 cm³/mol. The van der Waals surface area contributed by atoms with Gasteiger partial charge in [-0.25, -0.2) is 0 Å². The van der Waals surface area contributed by atoms with Crippen LogP contribution in [0.3, 0.4) is 0 Å². The third-order valence-electron chi connectivity index (χ3n) is 5.59. The van der Waals surface area contributed by atoms with Crippen LogP contribution in [0, 0.1) is 39.0 Å². The number of nitriles is 1. The molecule has 3 aromatic rings. The first-order valence-corrected chi connectivity index (χ1v) is 10.1. The molecule has 2 heterocycles. The van der Waals surface area contributed by atoms with Crippen LogP contribution >= 0.6 is 0 Å². The van der Waals surface area contributed by atoms with Crippen molar-refractivity contribution in [3.63, 3.8) is 0 Å². The lowest BCUT2D eigenvalue weighted by Gasteiger charge is -2.15. The number of benzene rings is 1. The zero-order valence-corrected chi connectivity index (χ0v) is 18.0. The fourth-order valence-corrected chi connectivity index (χ4v) is 4.07. The van der Waals surface area contributed by atoms with Crippen molar-refractivity contribution in [3.05, 3.63) is 61.6 Å². The van der Waals surface area contributed by atoms with Crippen molar-refractivity contribution in [3.8, 4) is 11.9 Å². The maximum absolute atomic E-state index is 13.5. The van der Waals surface area contributed by atoms with Gasteiger partial charge in [0, 0.05) is 17.5 Å². The Kier molecular flexibility index (Phi) is 5.84. The van der Waals surface area contributed by atoms with Gasteiger partial charge in [0.25, 0.3) is 5.56 Å². The van der Waals surface area contributed by atoms with Crippen LogP contribution in [-0.2, 0) is 6.54 Å². The van der Waals surface area contributed by atoms with Gasteiger partial charge in [0.2, 0.25) is 11.7 Å². The van der Waals surface area contributed by atoms with Gasteiger partial charge < -0.3 is 9.52 Å². The summed E-state index contributed by atoms with van der Waals surface area (Å²) in [6.45, 7) is 9.49. The van der Waals surface area contributed by atoms with Gasteiger partial charge in [0.1, 0.15) is 17.2 Å². The van der Waals surface area contributed by atoms with Gasteiger partial charge in [-0.3, -0.25) is 14.2 Å². The first kappa shape index (κ1) is 21.4. The number of hydrogen-bond donors (Lipinski definition) is 1. The molecule has 30 heavy (non-hydrogen) atoms. The van der Waals surface area contributed by atoms with Gasteiger partial charge in [0.05, 0.1) is 5.56 Å². The molecule has 3 rings (SSSR count). The molecule has 0 bridgehead atoms. The normalized spacial score (nSPS) is 11.1. The summed E-state index contributed by atoms with van der Waals surface area (Å²) in [5.74, 6) is -0.832. The number of aromatic hydroxyl groups is 1. The van der Waals surface area contributed by atoms with Crippen LogP contribution in [0.15, 0.2) is 21.3 Å². The Bertz CT molecular complexity index is 1260. The summed E-state index contributed by atoms with van der Waals surface area (Å²) >= 11 is 0. The van der Waals surface area contributed by atoms with Gasteiger partial charge in [0.15, 0.2) is 5.76 Å². The lowest BCUT2D eigenvalue weighted by Crippen LogP contribution is -2.27. The first-order chi connectivity index (χ1) is 14.2. The minimum atomic E-state index is -0.576. The molecular weight excluding hydrogens is 380 g/mol. The molecule has 0 fully saturated rings. The monoisotopic (exact) mass is 406 g/mol. The maximum atomic E-state index is 13.5. The van der Waals surface area contributed by atoms with E-state index in [1.807, 2.05) is 39.0 Å². The number of fused-ring (bicyclic) bond motifs is 1. The van der Waals surface area contributed by atoms with Crippen molar-refractivity contribution in [2.75, 3.05) is 0 Å². The average molecular weight is 406 g/mol. The van der Waals surface area contributed by atoms with Gasteiger partial charge >= 0.3 is 0 Å². The van der Waals surface area contributed by atoms with Gasteiger partial charge in [-0.2, -0.15) is 5.26 Å². The van der Waals surface area contributed by atoms with Crippen LogP contribution in [0.25, 0.3) is 11.0 Å². The van der Waals surface area contributed by atoms with Gasteiger partial charge in [-0.05, 0) is 56.9 Å². The standard InChI is InChI=1S/C24H26N2O4/c1-6-7-8-9-26-23(28)17(12-25)15(4)20(24(26)29)21(27)22-16(5)19-14(3)10-13(2)11-18(19)30-22/h10-11,29H,6-9H2,1-5H3. The highest BCUT2D eigenvalue weighted by Gasteiger charge is 2.28. The summed E-state index contributed by atoms with van der Waals surface area (Å²) < 4.78 is 7.02. The maximum Gasteiger partial charge on any atom is 0.271 e. The Labute approximate surface area is 175 Å². The molecule has 0 saturated carbocycles. The highest BCUT2D eigenvalue weighted by molar-refractivity contribution is 6.13. The highest BCUT2D eigenvalue weighted by atomic mass is 16.3. The Morgan fingerprint density at radius 3 is 2.50 bits per heavy atom. The number of carbonyl (C=O) groups excluding carboxylic acids is 1. The van der Waals surface area contributed by atoms with E-state index in [9.17, 15) is 20.0 Å². The van der Waals surface area contributed by atoms with Crippen molar-refractivity contribution in [1.29, 1.82) is 5.26 Å². The van der Waals surface area contributed by atoms with E-state index in [2.05, 4.69) is 0 Å². The van der Waals surface area contributed by atoms with Crippen molar-refractivity contribution < 1.29 is 14.3 Å². The predicted octanol–water partition coefficient (Wildman–Crippen LogP) is 4.83. The molecule has 0 radical (unpaired) electrons. The highest BCUT2D eigenvalue weighted by Crippen LogP contribution is 2.33. The largest absolute Gasteiger partial charge is 0.494 e. The summed E-state index contributed by atoms with van der Waals surface area (Å²) in [5, 5.41) is 21.2. The second kappa shape index (κ2) is 8.19. The first-order valence-electron chi connectivity index (χ1n) is 10.1. The average Bonchev–Trinajstić information content (AvgIpc) is 3.01. The van der Waals surface area contributed by atoms with Crippen LogP contribution in [0.2, 0.25) is 0 Å². The molecular formula is C24H26N2O4. The second-order valence-corrected chi connectivity index (χ2v) is 7.81. The lowest BCUT2D eigenvalue weighted by molar-refractivity contribution is 0.100. The zero-order valence-electron chi connectivity index (χ0n) is 18.0. The van der Waals surface area contributed by atoms with Gasteiger partial charge in [-0.1, -0.05) is 25.8 Å². The fraction of sp³-hybridized carbons (Fsp3) is 0.375. The van der Waals surface area contributed by atoms with E-state index in [0.29, 0.717) is 17.6 Å². The summed E-state index contributed by atoms with van der Waals surface area (Å²) in [4.78, 5) is 26.1. The topological polar surface area (TPSA) is 96.2 Å². The number of nitrogens with zero attached hydrogens (tertiary/aromatic N) is 2. The number of aromatic nitrogens is 1. The molecule has 0 aliphatic carbocycles. The third kappa shape index (κ3) is 3.41. The van der Waals surface area contributed by atoms with E-state index >= 15 is 0 Å². The molecule has 1 N–H and O–H groups in total. The number of unbranched alkanes of at least 4 members (excludes halogenated alkanes) is 2.